The molecule has 0 bridgehead atoms. The molecule has 0 amide bonds. The van der Waals surface area contributed by atoms with Gasteiger partial charge in [0.05, 0.1) is 19.8 Å². The molecule has 0 aliphatic heterocycles. The summed E-state index contributed by atoms with van der Waals surface area (Å²) in [6, 6.07) is 0. The highest BCUT2D eigenvalue weighted by Gasteiger charge is 2.28. The molecule has 0 saturated carbocycles. The number of phosphoric acid groups is 1. The van der Waals surface area contributed by atoms with Crippen molar-refractivity contribution in [3.63, 3.8) is 0 Å². The van der Waals surface area contributed by atoms with Crippen LogP contribution in [0.15, 0.2) is 122 Å². The van der Waals surface area contributed by atoms with E-state index in [1.807, 2.05) is 12.2 Å². The van der Waals surface area contributed by atoms with Gasteiger partial charge in [0.1, 0.15) is 12.7 Å². The molecule has 0 heterocycles. The van der Waals surface area contributed by atoms with Gasteiger partial charge in [0.15, 0.2) is 6.10 Å². The first-order chi connectivity index (χ1) is 34.2. The van der Waals surface area contributed by atoms with Gasteiger partial charge in [-0.3, -0.25) is 23.4 Å². The smallest absolute Gasteiger partial charge is 0.462 e. The molecule has 0 aromatic rings. The molecular formula is C58H93O11P. The molecule has 0 fully saturated rings. The topological polar surface area (TPSA) is 155 Å². The van der Waals surface area contributed by atoms with E-state index in [2.05, 4.69) is 130 Å². The standard InChI is InChI=1S/C58H93O11P/c1-4-7-10-13-16-19-22-25-26-27-28-31-34-37-40-43-46-49-58(62)69-55(51-65-56(60)47-44-41-38-35-32-29-23-20-17-14-11-8-5-2)53-67-70(63,64)66-52-54(50-59)68-57(61)48-45-42-39-36-33-30-24-21-18-15-12-9-6-3/h7-12,16-21,25-26,29-30,32-33,38,41,54-55,59H,4-6,13-15,22-24,27-28,31,34-37,39-40,42-53H2,1-3H3,(H,63,64)/b10-7-,11-8-,12-9-,19-16-,20-17-,21-18-,26-25-,32-29-,33-30-,41-38-. The average Bonchev–Trinajstić information content (AvgIpc) is 3.35. The van der Waals surface area contributed by atoms with Crippen molar-refractivity contribution in [3.8, 4) is 0 Å². The van der Waals surface area contributed by atoms with E-state index in [0.717, 1.165) is 128 Å². The third-order valence-corrected chi connectivity index (χ3v) is 11.3. The van der Waals surface area contributed by atoms with E-state index >= 15 is 0 Å². The first kappa shape index (κ1) is 65.9. The fourth-order valence-electron chi connectivity index (χ4n) is 6.46. The molecule has 11 nitrogen and oxygen atoms in total. The van der Waals surface area contributed by atoms with Crippen LogP contribution in [-0.4, -0.2) is 66.5 Å². The molecular weight excluding hydrogens is 904 g/mol. The maximum atomic E-state index is 12.9. The van der Waals surface area contributed by atoms with E-state index in [0.29, 0.717) is 19.3 Å². The Hall–Kier alpha value is -4.12. The SMILES string of the molecule is CC/C=C\C/C=C\C/C=C\C/C=C\CCC(=O)OCC(COP(=O)(O)OCC(CO)OC(=O)CCCCC/C=C\C/C=C\C/C=C\CC)OC(=O)CCCCCCCCC/C=C\C/C=C\C/C=C\CC. The van der Waals surface area contributed by atoms with Gasteiger partial charge < -0.3 is 24.2 Å². The van der Waals surface area contributed by atoms with Crippen LogP contribution < -0.4 is 0 Å². The lowest BCUT2D eigenvalue weighted by atomic mass is 10.1. The lowest BCUT2D eigenvalue weighted by Crippen LogP contribution is -2.30. The maximum Gasteiger partial charge on any atom is 0.472 e. The number of aliphatic hydroxyl groups excluding tert-OH is 1. The summed E-state index contributed by atoms with van der Waals surface area (Å²) in [4.78, 5) is 48.3. The van der Waals surface area contributed by atoms with E-state index in [4.69, 9.17) is 23.3 Å². The van der Waals surface area contributed by atoms with Crippen LogP contribution >= 0.6 is 7.82 Å². The lowest BCUT2D eigenvalue weighted by molar-refractivity contribution is -0.161. The summed E-state index contributed by atoms with van der Waals surface area (Å²) in [7, 11) is -4.78. The van der Waals surface area contributed by atoms with Gasteiger partial charge in [-0.25, -0.2) is 4.57 Å². The van der Waals surface area contributed by atoms with Crippen molar-refractivity contribution in [1.82, 2.24) is 0 Å². The van der Waals surface area contributed by atoms with Gasteiger partial charge in [-0.2, -0.15) is 0 Å². The number of aliphatic hydroxyl groups is 1. The van der Waals surface area contributed by atoms with Crippen molar-refractivity contribution in [2.24, 2.45) is 0 Å². The van der Waals surface area contributed by atoms with Crippen LogP contribution in [0.1, 0.15) is 188 Å². The van der Waals surface area contributed by atoms with E-state index in [-0.39, 0.29) is 25.9 Å². The third-order valence-electron chi connectivity index (χ3n) is 10.4. The Kier molecular flexibility index (Phi) is 48.2. The Morgan fingerprint density at radius 3 is 1.14 bits per heavy atom. The van der Waals surface area contributed by atoms with E-state index in [1.165, 1.54) is 0 Å². The molecule has 0 aliphatic carbocycles. The number of unbranched alkanes of at least 4 members (excludes halogenated alkanes) is 10. The van der Waals surface area contributed by atoms with Crippen LogP contribution in [-0.2, 0) is 42.2 Å². The Bertz CT molecular complexity index is 1630. The Balaban J connectivity index is 4.87. The monoisotopic (exact) mass is 997 g/mol. The number of rotatable bonds is 47. The van der Waals surface area contributed by atoms with Crippen molar-refractivity contribution < 1.29 is 52.2 Å². The fourth-order valence-corrected chi connectivity index (χ4v) is 7.24. The average molecular weight is 997 g/mol. The highest BCUT2D eigenvalue weighted by molar-refractivity contribution is 7.47. The summed E-state index contributed by atoms with van der Waals surface area (Å²) in [6.07, 6.45) is 61.9. The van der Waals surface area contributed by atoms with Crippen LogP contribution in [0.25, 0.3) is 0 Å². The van der Waals surface area contributed by atoms with E-state index in [1.54, 1.807) is 0 Å². The predicted molar refractivity (Wildman–Crippen MR) is 288 cm³/mol. The second kappa shape index (κ2) is 51.2. The highest BCUT2D eigenvalue weighted by Crippen LogP contribution is 2.43. The minimum Gasteiger partial charge on any atom is -0.462 e. The van der Waals surface area contributed by atoms with Gasteiger partial charge >= 0.3 is 25.7 Å². The van der Waals surface area contributed by atoms with Gasteiger partial charge in [-0.1, -0.05) is 181 Å². The van der Waals surface area contributed by atoms with Crippen LogP contribution in [0.2, 0.25) is 0 Å². The maximum absolute atomic E-state index is 12.9. The van der Waals surface area contributed by atoms with Gasteiger partial charge in [0.2, 0.25) is 0 Å². The molecule has 0 rings (SSSR count). The summed E-state index contributed by atoms with van der Waals surface area (Å²) in [5, 5.41) is 9.78. The number of carbonyl (C=O) groups is 3. The van der Waals surface area contributed by atoms with Gasteiger partial charge in [-0.05, 0) is 109 Å². The number of phosphoric ester groups is 1. The minimum absolute atomic E-state index is 0.0947. The van der Waals surface area contributed by atoms with Crippen molar-refractivity contribution in [2.75, 3.05) is 26.4 Å². The third kappa shape index (κ3) is 48.9. The minimum atomic E-state index is -4.78. The van der Waals surface area contributed by atoms with Crippen molar-refractivity contribution in [2.45, 2.75) is 200 Å². The summed E-state index contributed by atoms with van der Waals surface area (Å²) in [5.74, 6) is -1.62. The van der Waals surface area contributed by atoms with E-state index in [9.17, 15) is 28.9 Å². The zero-order valence-corrected chi connectivity index (χ0v) is 44.3. The molecule has 0 aromatic heterocycles. The largest absolute Gasteiger partial charge is 0.472 e. The molecule has 0 aromatic carbocycles. The number of carbonyl (C=O) groups excluding carboxylic acids is 3. The molecule has 3 atom stereocenters. The number of hydrogen-bond acceptors (Lipinski definition) is 10. The highest BCUT2D eigenvalue weighted by atomic mass is 31.2. The lowest BCUT2D eigenvalue weighted by Gasteiger charge is -2.21. The predicted octanol–water partition coefficient (Wildman–Crippen LogP) is 15.2. The first-order valence-corrected chi connectivity index (χ1v) is 27.9. The van der Waals surface area contributed by atoms with Crippen LogP contribution in [0.3, 0.4) is 0 Å². The summed E-state index contributed by atoms with van der Waals surface area (Å²) < 4.78 is 39.3. The van der Waals surface area contributed by atoms with Crippen molar-refractivity contribution >= 4 is 25.7 Å². The summed E-state index contributed by atoms with van der Waals surface area (Å²) >= 11 is 0. The number of hydrogen-bond donors (Lipinski definition) is 2. The summed E-state index contributed by atoms with van der Waals surface area (Å²) in [6.45, 7) is 4.14. The Labute approximate surface area is 424 Å². The molecule has 2 N–H and O–H groups in total. The van der Waals surface area contributed by atoms with Crippen molar-refractivity contribution in [1.29, 1.82) is 0 Å². The molecule has 0 radical (unpaired) electrons. The quantitative estimate of drug-likeness (QED) is 0.0197. The molecule has 0 aliphatic rings. The van der Waals surface area contributed by atoms with Gasteiger partial charge in [0, 0.05) is 19.3 Å². The van der Waals surface area contributed by atoms with Gasteiger partial charge in [-0.15, -0.1) is 0 Å². The second-order valence-corrected chi connectivity index (χ2v) is 18.3. The van der Waals surface area contributed by atoms with Crippen LogP contribution in [0.4, 0.5) is 0 Å². The second-order valence-electron chi connectivity index (χ2n) is 16.9. The molecule has 0 spiro atoms. The summed E-state index contributed by atoms with van der Waals surface area (Å²) in [5.41, 5.74) is 0. The molecule has 12 heteroatoms. The number of allylic oxidation sites excluding steroid dienone is 20. The van der Waals surface area contributed by atoms with Crippen LogP contribution in [0, 0.1) is 0 Å². The van der Waals surface area contributed by atoms with Gasteiger partial charge in [0.25, 0.3) is 0 Å². The Morgan fingerprint density at radius 1 is 0.400 bits per heavy atom. The van der Waals surface area contributed by atoms with Crippen molar-refractivity contribution in [3.05, 3.63) is 122 Å². The zero-order valence-electron chi connectivity index (χ0n) is 43.4. The molecule has 3 unspecified atom stereocenters. The molecule has 396 valence electrons. The molecule has 70 heavy (non-hydrogen) atoms. The first-order valence-electron chi connectivity index (χ1n) is 26.4. The zero-order chi connectivity index (χ0) is 51.3. The number of esters is 3. The molecule has 0 saturated heterocycles. The normalized spacial score (nSPS) is 14.4. The Morgan fingerprint density at radius 2 is 0.729 bits per heavy atom. The fraction of sp³-hybridized carbons (Fsp3) is 0.603. The van der Waals surface area contributed by atoms with E-state index < -0.39 is 57.8 Å². The number of ether oxygens (including phenoxy) is 3. The van der Waals surface area contributed by atoms with Crippen LogP contribution in [0.5, 0.6) is 0 Å².